The van der Waals surface area contributed by atoms with E-state index in [0.29, 0.717) is 5.56 Å². The third-order valence-corrected chi connectivity index (χ3v) is 4.79. The maximum absolute atomic E-state index is 14.7. The summed E-state index contributed by atoms with van der Waals surface area (Å²) in [6.45, 7) is 4.03. The maximum Gasteiger partial charge on any atom is 0.131 e. The second-order valence-electron chi connectivity index (χ2n) is 6.80. The highest BCUT2D eigenvalue weighted by molar-refractivity contribution is 5.71. The number of unbranched alkanes of at least 4 members (excludes halogenated alkanes) is 2. The van der Waals surface area contributed by atoms with Gasteiger partial charge in [0.25, 0.3) is 0 Å². The van der Waals surface area contributed by atoms with Crippen LogP contribution in [0.15, 0.2) is 66.7 Å². The van der Waals surface area contributed by atoms with Gasteiger partial charge < -0.3 is 0 Å². The second kappa shape index (κ2) is 9.19. The third-order valence-electron chi connectivity index (χ3n) is 4.79. The van der Waals surface area contributed by atoms with Crippen molar-refractivity contribution in [2.45, 2.75) is 39.5 Å². The van der Waals surface area contributed by atoms with Crippen LogP contribution in [0.1, 0.15) is 44.2 Å². The fraction of sp³-hybridized carbons (Fsp3) is 0.231. The van der Waals surface area contributed by atoms with E-state index in [4.69, 9.17) is 0 Å². The van der Waals surface area contributed by atoms with Gasteiger partial charge in [0.15, 0.2) is 0 Å². The average molecular weight is 356 g/mol. The average Bonchev–Trinajstić information content (AvgIpc) is 2.70. The van der Waals surface area contributed by atoms with Gasteiger partial charge in [0.05, 0.1) is 0 Å². The minimum absolute atomic E-state index is 0.191. The van der Waals surface area contributed by atoms with Gasteiger partial charge in [-0.05, 0) is 60.2 Å². The normalized spacial score (nSPS) is 10.3. The van der Waals surface area contributed by atoms with Gasteiger partial charge in [-0.25, -0.2) is 4.39 Å². The molecule has 3 aromatic rings. The van der Waals surface area contributed by atoms with Gasteiger partial charge in [-0.15, -0.1) is 5.92 Å². The lowest BCUT2D eigenvalue weighted by molar-refractivity contribution is 0.632. The van der Waals surface area contributed by atoms with Crippen molar-refractivity contribution in [1.82, 2.24) is 0 Å². The highest BCUT2D eigenvalue weighted by Crippen LogP contribution is 2.28. The van der Waals surface area contributed by atoms with Crippen molar-refractivity contribution in [2.75, 3.05) is 0 Å². The molecule has 0 saturated heterocycles. The van der Waals surface area contributed by atoms with Crippen molar-refractivity contribution in [3.8, 4) is 34.1 Å². The zero-order chi connectivity index (χ0) is 19.1. The van der Waals surface area contributed by atoms with Gasteiger partial charge in [0.2, 0.25) is 0 Å². The molecule has 0 bridgehead atoms. The van der Waals surface area contributed by atoms with Crippen molar-refractivity contribution < 1.29 is 4.39 Å². The van der Waals surface area contributed by atoms with Crippen molar-refractivity contribution in [2.24, 2.45) is 0 Å². The van der Waals surface area contributed by atoms with E-state index in [1.165, 1.54) is 24.8 Å². The van der Waals surface area contributed by atoms with Crippen LogP contribution in [-0.2, 0) is 6.42 Å². The van der Waals surface area contributed by atoms with E-state index in [-0.39, 0.29) is 5.82 Å². The largest absolute Gasteiger partial charge is 0.206 e. The molecule has 0 aliphatic heterocycles. The molecular weight excluding hydrogens is 331 g/mol. The predicted octanol–water partition coefficient (Wildman–Crippen LogP) is 7.26. The molecule has 0 aliphatic carbocycles. The quantitative estimate of drug-likeness (QED) is 0.322. The van der Waals surface area contributed by atoms with E-state index >= 15 is 0 Å². The first-order valence-corrected chi connectivity index (χ1v) is 9.63. The topological polar surface area (TPSA) is 0 Å². The fourth-order valence-electron chi connectivity index (χ4n) is 3.25. The van der Waals surface area contributed by atoms with Crippen LogP contribution in [-0.4, -0.2) is 0 Å². The Labute approximate surface area is 162 Å². The van der Waals surface area contributed by atoms with Crippen LogP contribution in [0.25, 0.3) is 22.3 Å². The number of rotatable bonds is 6. The first kappa shape index (κ1) is 18.9. The van der Waals surface area contributed by atoms with Crippen LogP contribution in [0.5, 0.6) is 0 Å². The van der Waals surface area contributed by atoms with Crippen molar-refractivity contribution in [3.63, 3.8) is 0 Å². The molecule has 0 N–H and O–H groups in total. The summed E-state index contributed by atoms with van der Waals surface area (Å²) in [5.41, 5.74) is 5.73. The van der Waals surface area contributed by atoms with E-state index < -0.39 is 0 Å². The molecule has 3 aromatic carbocycles. The Hall–Kier alpha value is -2.85. The molecular formula is C26H25F. The Kier molecular flexibility index (Phi) is 6.44. The standard InChI is InChI=1S/C26H25F/c1-3-5-6-8-21-11-15-23(16-12-21)25-18-17-24(19-26(25)27)22-13-9-20(7-4-2)10-14-22/h9-19H,3,5-6,8H2,1-2H3. The summed E-state index contributed by atoms with van der Waals surface area (Å²) >= 11 is 0. The van der Waals surface area contributed by atoms with Gasteiger partial charge in [-0.3, -0.25) is 0 Å². The smallest absolute Gasteiger partial charge is 0.131 e. The minimum Gasteiger partial charge on any atom is -0.206 e. The molecule has 0 nitrogen and oxygen atoms in total. The minimum atomic E-state index is -0.191. The summed E-state index contributed by atoms with van der Waals surface area (Å²) in [6.07, 6.45) is 4.78. The summed E-state index contributed by atoms with van der Waals surface area (Å²) in [5.74, 6) is 5.72. The number of aryl methyl sites for hydroxylation is 1. The van der Waals surface area contributed by atoms with E-state index in [1.54, 1.807) is 6.07 Å². The summed E-state index contributed by atoms with van der Waals surface area (Å²) in [5, 5.41) is 0. The molecule has 0 heterocycles. The molecule has 0 amide bonds. The van der Waals surface area contributed by atoms with Crippen molar-refractivity contribution >= 4 is 0 Å². The summed E-state index contributed by atoms with van der Waals surface area (Å²) in [4.78, 5) is 0. The fourth-order valence-corrected chi connectivity index (χ4v) is 3.25. The summed E-state index contributed by atoms with van der Waals surface area (Å²) in [7, 11) is 0. The SMILES string of the molecule is CC#Cc1ccc(-c2ccc(-c3ccc(CCCCC)cc3)c(F)c2)cc1. The van der Waals surface area contributed by atoms with E-state index in [0.717, 1.165) is 28.7 Å². The summed E-state index contributed by atoms with van der Waals surface area (Å²) < 4.78 is 14.7. The molecule has 0 fully saturated rings. The number of hydrogen-bond donors (Lipinski definition) is 0. The van der Waals surface area contributed by atoms with Crippen molar-refractivity contribution in [3.05, 3.63) is 83.7 Å². The van der Waals surface area contributed by atoms with Crippen LogP contribution in [0.4, 0.5) is 4.39 Å². The highest BCUT2D eigenvalue weighted by Gasteiger charge is 2.08. The molecule has 0 spiro atoms. The first-order valence-electron chi connectivity index (χ1n) is 9.63. The third kappa shape index (κ3) is 4.86. The second-order valence-corrected chi connectivity index (χ2v) is 6.80. The first-order chi connectivity index (χ1) is 13.2. The lowest BCUT2D eigenvalue weighted by atomic mass is 9.97. The Bertz CT molecular complexity index is 938. The molecule has 0 saturated carbocycles. The van der Waals surface area contributed by atoms with E-state index in [1.807, 2.05) is 55.5 Å². The molecule has 3 rings (SSSR count). The van der Waals surface area contributed by atoms with Crippen LogP contribution in [0.3, 0.4) is 0 Å². The lowest BCUT2D eigenvalue weighted by Gasteiger charge is -2.08. The molecule has 136 valence electrons. The van der Waals surface area contributed by atoms with Gasteiger partial charge in [-0.1, -0.05) is 74.2 Å². The van der Waals surface area contributed by atoms with Gasteiger partial charge in [0, 0.05) is 11.1 Å². The highest BCUT2D eigenvalue weighted by atomic mass is 19.1. The number of halogens is 1. The maximum atomic E-state index is 14.7. The Balaban J connectivity index is 1.78. The van der Waals surface area contributed by atoms with Crippen LogP contribution >= 0.6 is 0 Å². The molecule has 0 atom stereocenters. The Morgan fingerprint density at radius 2 is 1.44 bits per heavy atom. The number of benzene rings is 3. The van der Waals surface area contributed by atoms with Crippen LogP contribution in [0.2, 0.25) is 0 Å². The lowest BCUT2D eigenvalue weighted by Crippen LogP contribution is -1.89. The molecule has 0 aliphatic rings. The zero-order valence-electron chi connectivity index (χ0n) is 16.1. The van der Waals surface area contributed by atoms with E-state index in [2.05, 4.69) is 30.9 Å². The summed E-state index contributed by atoms with van der Waals surface area (Å²) in [6, 6.07) is 21.7. The number of hydrogen-bond acceptors (Lipinski definition) is 0. The van der Waals surface area contributed by atoms with E-state index in [9.17, 15) is 4.39 Å². The van der Waals surface area contributed by atoms with Crippen LogP contribution in [0, 0.1) is 17.7 Å². The Morgan fingerprint density at radius 3 is 2.07 bits per heavy atom. The monoisotopic (exact) mass is 356 g/mol. The zero-order valence-corrected chi connectivity index (χ0v) is 16.1. The molecule has 27 heavy (non-hydrogen) atoms. The predicted molar refractivity (Wildman–Crippen MR) is 113 cm³/mol. The molecule has 0 radical (unpaired) electrons. The van der Waals surface area contributed by atoms with Crippen molar-refractivity contribution in [1.29, 1.82) is 0 Å². The Morgan fingerprint density at radius 1 is 0.778 bits per heavy atom. The molecule has 0 unspecified atom stereocenters. The molecule has 0 aromatic heterocycles. The molecule has 1 heteroatoms. The van der Waals surface area contributed by atoms with Gasteiger partial charge >= 0.3 is 0 Å². The van der Waals surface area contributed by atoms with Gasteiger partial charge in [-0.2, -0.15) is 0 Å². The van der Waals surface area contributed by atoms with Gasteiger partial charge in [0.1, 0.15) is 5.82 Å². The van der Waals surface area contributed by atoms with Crippen LogP contribution < -0.4 is 0 Å².